The molecular weight excluding hydrogens is 423 g/mol. The van der Waals surface area contributed by atoms with Crippen molar-refractivity contribution in [2.75, 3.05) is 45.8 Å². The summed E-state index contributed by atoms with van der Waals surface area (Å²) in [6.45, 7) is 4.64. The predicted octanol–water partition coefficient (Wildman–Crippen LogP) is 3.18. The molecular formula is C25H29FN4O3. The zero-order valence-corrected chi connectivity index (χ0v) is 18.7. The Morgan fingerprint density at radius 2 is 1.79 bits per heavy atom. The molecule has 0 radical (unpaired) electrons. The molecule has 2 amide bonds. The summed E-state index contributed by atoms with van der Waals surface area (Å²) in [6.07, 6.45) is 9.57. The van der Waals surface area contributed by atoms with Gasteiger partial charge in [-0.1, -0.05) is 6.07 Å². The molecule has 0 aliphatic carbocycles. The predicted molar refractivity (Wildman–Crippen MR) is 123 cm³/mol. The maximum atomic E-state index is 14.4. The van der Waals surface area contributed by atoms with E-state index in [0.717, 1.165) is 25.9 Å². The lowest BCUT2D eigenvalue weighted by Gasteiger charge is -2.35. The number of carbonyl (C=O) groups is 2. The van der Waals surface area contributed by atoms with Gasteiger partial charge in [0.2, 0.25) is 11.8 Å². The molecule has 0 atom stereocenters. The molecule has 2 aliphatic rings. The summed E-state index contributed by atoms with van der Waals surface area (Å²) in [7, 11) is 0. The van der Waals surface area contributed by atoms with E-state index in [-0.39, 0.29) is 17.6 Å². The van der Waals surface area contributed by atoms with Gasteiger partial charge in [0.1, 0.15) is 5.75 Å². The van der Waals surface area contributed by atoms with E-state index < -0.39 is 5.82 Å². The lowest BCUT2D eigenvalue weighted by atomic mass is 10.1. The summed E-state index contributed by atoms with van der Waals surface area (Å²) >= 11 is 0. The number of piperidine rings is 1. The van der Waals surface area contributed by atoms with Crippen LogP contribution in [-0.2, 0) is 9.59 Å². The van der Waals surface area contributed by atoms with E-state index in [1.807, 2.05) is 4.90 Å². The zero-order valence-electron chi connectivity index (χ0n) is 18.7. The number of likely N-dealkylation sites (tertiary alicyclic amines) is 1. The molecule has 2 fully saturated rings. The zero-order chi connectivity index (χ0) is 23.0. The minimum atomic E-state index is -0.513. The minimum absolute atomic E-state index is 0.0988. The maximum absolute atomic E-state index is 14.4. The number of aromatic nitrogens is 1. The molecule has 2 aliphatic heterocycles. The van der Waals surface area contributed by atoms with Crippen LogP contribution in [0.4, 0.5) is 4.39 Å². The maximum Gasteiger partial charge on any atom is 0.246 e. The van der Waals surface area contributed by atoms with Crippen LogP contribution in [-0.4, -0.2) is 77.3 Å². The van der Waals surface area contributed by atoms with Gasteiger partial charge >= 0.3 is 0 Å². The van der Waals surface area contributed by atoms with Crippen molar-refractivity contribution in [3.8, 4) is 11.5 Å². The summed E-state index contributed by atoms with van der Waals surface area (Å²) < 4.78 is 19.9. The van der Waals surface area contributed by atoms with Crippen molar-refractivity contribution >= 4 is 17.9 Å². The van der Waals surface area contributed by atoms with Gasteiger partial charge in [0.25, 0.3) is 0 Å². The van der Waals surface area contributed by atoms with Gasteiger partial charge in [-0.3, -0.25) is 19.5 Å². The molecule has 1 aromatic heterocycles. The Kier molecular flexibility index (Phi) is 7.67. The SMILES string of the molecule is O=C(/C=C/c1ccc(Oc2cccnc2)c(F)c1)N1CCN(CC(=O)N2CCCCC2)CC1. The van der Waals surface area contributed by atoms with E-state index in [1.165, 1.54) is 30.8 Å². The van der Waals surface area contributed by atoms with Gasteiger partial charge < -0.3 is 14.5 Å². The number of carbonyl (C=O) groups excluding carboxylic acids is 2. The second-order valence-electron chi connectivity index (χ2n) is 8.36. The molecule has 0 bridgehead atoms. The van der Waals surface area contributed by atoms with Gasteiger partial charge in [-0.25, -0.2) is 4.39 Å². The van der Waals surface area contributed by atoms with Gasteiger partial charge in [-0.2, -0.15) is 0 Å². The third-order valence-corrected chi connectivity index (χ3v) is 5.99. The van der Waals surface area contributed by atoms with Crippen molar-refractivity contribution in [1.29, 1.82) is 0 Å². The summed E-state index contributed by atoms with van der Waals surface area (Å²) in [5, 5.41) is 0. The van der Waals surface area contributed by atoms with Crippen molar-refractivity contribution in [2.45, 2.75) is 19.3 Å². The van der Waals surface area contributed by atoms with Gasteiger partial charge in [-0.05, 0) is 55.2 Å². The van der Waals surface area contributed by atoms with Crippen LogP contribution in [0.2, 0.25) is 0 Å². The molecule has 2 saturated heterocycles. The summed E-state index contributed by atoms with van der Waals surface area (Å²) in [5.41, 5.74) is 0.574. The van der Waals surface area contributed by atoms with Gasteiger partial charge in [0, 0.05) is 51.5 Å². The van der Waals surface area contributed by atoms with E-state index in [2.05, 4.69) is 9.88 Å². The number of halogens is 1. The first kappa shape index (κ1) is 22.9. The fraction of sp³-hybridized carbons (Fsp3) is 0.400. The summed E-state index contributed by atoms with van der Waals surface area (Å²) in [6, 6.07) is 7.97. The fourth-order valence-electron chi connectivity index (χ4n) is 4.07. The van der Waals surface area contributed by atoms with Gasteiger partial charge in [-0.15, -0.1) is 0 Å². The first-order valence-electron chi connectivity index (χ1n) is 11.4. The largest absolute Gasteiger partial charge is 0.453 e. The molecule has 0 saturated carbocycles. The number of pyridine rings is 1. The van der Waals surface area contributed by atoms with Crippen molar-refractivity contribution in [3.63, 3.8) is 0 Å². The van der Waals surface area contributed by atoms with Crippen LogP contribution in [0.5, 0.6) is 11.5 Å². The third kappa shape index (κ3) is 6.38. The Hall–Kier alpha value is -3.26. The Morgan fingerprint density at radius 1 is 1.00 bits per heavy atom. The van der Waals surface area contributed by atoms with Crippen LogP contribution in [0.25, 0.3) is 6.08 Å². The first-order chi connectivity index (χ1) is 16.1. The van der Waals surface area contributed by atoms with E-state index in [4.69, 9.17) is 4.74 Å². The average Bonchev–Trinajstić information content (AvgIpc) is 2.85. The van der Waals surface area contributed by atoms with Gasteiger partial charge in [0.05, 0.1) is 12.7 Å². The number of amides is 2. The Labute approximate surface area is 193 Å². The van der Waals surface area contributed by atoms with Crippen LogP contribution in [0.1, 0.15) is 24.8 Å². The van der Waals surface area contributed by atoms with Crippen molar-refractivity contribution in [2.24, 2.45) is 0 Å². The molecule has 0 N–H and O–H groups in total. The summed E-state index contributed by atoms with van der Waals surface area (Å²) in [4.78, 5) is 34.8. The molecule has 3 heterocycles. The molecule has 1 aromatic carbocycles. The molecule has 7 nitrogen and oxygen atoms in total. The highest BCUT2D eigenvalue weighted by molar-refractivity contribution is 5.91. The molecule has 8 heteroatoms. The van der Waals surface area contributed by atoms with Crippen LogP contribution < -0.4 is 4.74 Å². The number of piperazine rings is 1. The van der Waals surface area contributed by atoms with Crippen molar-refractivity contribution in [1.82, 2.24) is 19.7 Å². The molecule has 4 rings (SSSR count). The Bertz CT molecular complexity index is 984. The minimum Gasteiger partial charge on any atom is -0.453 e. The standard InChI is InChI=1S/C25H29FN4O3/c26-22-17-20(6-8-23(22)33-21-5-4-10-27-18-21)7-9-24(31)30-15-13-28(14-16-30)19-25(32)29-11-2-1-3-12-29/h4-10,17-18H,1-3,11-16,19H2/b9-7+. The number of ether oxygens (including phenoxy) is 1. The molecule has 0 unspecified atom stereocenters. The number of nitrogens with zero attached hydrogens (tertiary/aromatic N) is 4. The lowest BCUT2D eigenvalue weighted by molar-refractivity contribution is -0.134. The number of hydrogen-bond donors (Lipinski definition) is 0. The molecule has 0 spiro atoms. The van der Waals surface area contributed by atoms with E-state index in [0.29, 0.717) is 44.0 Å². The molecule has 2 aromatic rings. The van der Waals surface area contributed by atoms with Crippen LogP contribution in [0, 0.1) is 5.82 Å². The van der Waals surface area contributed by atoms with E-state index >= 15 is 0 Å². The van der Waals surface area contributed by atoms with E-state index in [1.54, 1.807) is 35.4 Å². The number of hydrogen-bond acceptors (Lipinski definition) is 5. The second kappa shape index (κ2) is 11.0. The number of benzene rings is 1. The molecule has 174 valence electrons. The Balaban J connectivity index is 1.25. The quantitative estimate of drug-likeness (QED) is 0.630. The monoisotopic (exact) mass is 452 g/mol. The van der Waals surface area contributed by atoms with Crippen molar-refractivity contribution < 1.29 is 18.7 Å². The van der Waals surface area contributed by atoms with Crippen molar-refractivity contribution in [3.05, 3.63) is 60.2 Å². The third-order valence-electron chi connectivity index (χ3n) is 5.99. The topological polar surface area (TPSA) is 66.0 Å². The highest BCUT2D eigenvalue weighted by Gasteiger charge is 2.24. The fourth-order valence-corrected chi connectivity index (χ4v) is 4.07. The lowest BCUT2D eigenvalue weighted by Crippen LogP contribution is -2.51. The van der Waals surface area contributed by atoms with E-state index in [9.17, 15) is 14.0 Å². The number of rotatable bonds is 6. The van der Waals surface area contributed by atoms with Gasteiger partial charge in [0.15, 0.2) is 11.6 Å². The Morgan fingerprint density at radius 3 is 2.48 bits per heavy atom. The van der Waals surface area contributed by atoms with Crippen LogP contribution >= 0.6 is 0 Å². The average molecular weight is 453 g/mol. The summed E-state index contributed by atoms with van der Waals surface area (Å²) in [5.74, 6) is 0.106. The smallest absolute Gasteiger partial charge is 0.246 e. The highest BCUT2D eigenvalue weighted by Crippen LogP contribution is 2.25. The van der Waals surface area contributed by atoms with Crippen LogP contribution in [0.15, 0.2) is 48.8 Å². The molecule has 33 heavy (non-hydrogen) atoms. The first-order valence-corrected chi connectivity index (χ1v) is 11.4. The van der Waals surface area contributed by atoms with Crippen LogP contribution in [0.3, 0.4) is 0 Å². The normalized spacial score (nSPS) is 17.4. The highest BCUT2D eigenvalue weighted by atomic mass is 19.1. The second-order valence-corrected chi connectivity index (χ2v) is 8.36.